The third kappa shape index (κ3) is 4.01. The summed E-state index contributed by atoms with van der Waals surface area (Å²) < 4.78 is 20.9. The zero-order valence-electron chi connectivity index (χ0n) is 12.6. The van der Waals surface area contributed by atoms with Crippen molar-refractivity contribution in [2.24, 2.45) is 11.7 Å². The molecule has 0 aliphatic carbocycles. The predicted octanol–water partition coefficient (Wildman–Crippen LogP) is 2.67. The average molecular weight is 292 g/mol. The van der Waals surface area contributed by atoms with Gasteiger partial charge in [0, 0.05) is 24.2 Å². The van der Waals surface area contributed by atoms with Crippen LogP contribution in [0.3, 0.4) is 0 Å². The summed E-state index contributed by atoms with van der Waals surface area (Å²) in [6, 6.07) is 4.15. The van der Waals surface area contributed by atoms with E-state index in [9.17, 15) is 4.39 Å². The highest BCUT2D eigenvalue weighted by Gasteiger charge is 2.12. The van der Waals surface area contributed by atoms with Gasteiger partial charge < -0.3 is 10.5 Å². The standard InChI is InChI=1S/C15H21FN4O/c1-10(2)7-20-15(18-9-19-20)8-21-14-6-12(16)4-5-13(14)11(3)17/h4-6,9-11H,7-8,17H2,1-3H3. The second kappa shape index (κ2) is 6.67. The summed E-state index contributed by atoms with van der Waals surface area (Å²) in [6.07, 6.45) is 1.50. The molecule has 0 aliphatic rings. The van der Waals surface area contributed by atoms with Crippen molar-refractivity contribution in [3.8, 4) is 5.75 Å². The van der Waals surface area contributed by atoms with E-state index in [4.69, 9.17) is 10.5 Å². The Morgan fingerprint density at radius 2 is 2.10 bits per heavy atom. The van der Waals surface area contributed by atoms with Crippen LogP contribution in [-0.2, 0) is 13.2 Å². The summed E-state index contributed by atoms with van der Waals surface area (Å²) in [4.78, 5) is 4.18. The van der Waals surface area contributed by atoms with Crippen LogP contribution in [-0.4, -0.2) is 14.8 Å². The van der Waals surface area contributed by atoms with Crippen LogP contribution in [0, 0.1) is 11.7 Å². The Balaban J connectivity index is 2.13. The second-order valence-corrected chi connectivity index (χ2v) is 5.51. The predicted molar refractivity (Wildman–Crippen MR) is 78.2 cm³/mol. The minimum Gasteiger partial charge on any atom is -0.485 e. The summed E-state index contributed by atoms with van der Waals surface area (Å²) in [7, 11) is 0. The lowest BCUT2D eigenvalue weighted by molar-refractivity contribution is 0.277. The number of benzene rings is 1. The Labute approximate surface area is 123 Å². The van der Waals surface area contributed by atoms with Crippen molar-refractivity contribution in [2.75, 3.05) is 0 Å². The van der Waals surface area contributed by atoms with Crippen LogP contribution in [0.25, 0.3) is 0 Å². The highest BCUT2D eigenvalue weighted by atomic mass is 19.1. The molecule has 0 fully saturated rings. The molecule has 5 nitrogen and oxygen atoms in total. The first-order valence-corrected chi connectivity index (χ1v) is 7.02. The van der Waals surface area contributed by atoms with Crippen LogP contribution in [0.4, 0.5) is 4.39 Å². The molecule has 0 bridgehead atoms. The van der Waals surface area contributed by atoms with Gasteiger partial charge in [0.25, 0.3) is 0 Å². The zero-order valence-corrected chi connectivity index (χ0v) is 12.6. The summed E-state index contributed by atoms with van der Waals surface area (Å²) in [5.41, 5.74) is 6.64. The molecule has 1 unspecified atom stereocenters. The van der Waals surface area contributed by atoms with Crippen molar-refractivity contribution in [3.63, 3.8) is 0 Å². The number of hydrogen-bond acceptors (Lipinski definition) is 4. The van der Waals surface area contributed by atoms with Gasteiger partial charge in [0.2, 0.25) is 0 Å². The van der Waals surface area contributed by atoms with Crippen molar-refractivity contribution >= 4 is 0 Å². The van der Waals surface area contributed by atoms with E-state index in [1.54, 1.807) is 10.7 Å². The third-order valence-electron chi connectivity index (χ3n) is 3.06. The molecule has 0 spiro atoms. The Morgan fingerprint density at radius 3 is 2.76 bits per heavy atom. The molecule has 21 heavy (non-hydrogen) atoms. The molecule has 2 aromatic rings. The molecule has 6 heteroatoms. The summed E-state index contributed by atoms with van der Waals surface area (Å²) in [5, 5.41) is 4.17. The van der Waals surface area contributed by atoms with Gasteiger partial charge in [0.1, 0.15) is 24.5 Å². The monoisotopic (exact) mass is 292 g/mol. The van der Waals surface area contributed by atoms with Gasteiger partial charge >= 0.3 is 0 Å². The molecule has 0 amide bonds. The van der Waals surface area contributed by atoms with Crippen molar-refractivity contribution in [2.45, 2.75) is 40.0 Å². The van der Waals surface area contributed by atoms with Crippen LogP contribution in [0.2, 0.25) is 0 Å². The SMILES string of the molecule is CC(C)Cn1ncnc1COc1cc(F)ccc1C(C)N. The maximum atomic E-state index is 13.4. The first kappa shape index (κ1) is 15.4. The van der Waals surface area contributed by atoms with Crippen LogP contribution < -0.4 is 10.5 Å². The fourth-order valence-corrected chi connectivity index (χ4v) is 2.05. The molecule has 0 saturated heterocycles. The number of nitrogens with zero attached hydrogens (tertiary/aromatic N) is 3. The highest BCUT2D eigenvalue weighted by molar-refractivity contribution is 5.36. The zero-order chi connectivity index (χ0) is 15.4. The van der Waals surface area contributed by atoms with Gasteiger partial charge in [-0.25, -0.2) is 14.1 Å². The van der Waals surface area contributed by atoms with Crippen LogP contribution in [0.1, 0.15) is 38.2 Å². The molecule has 2 N–H and O–H groups in total. The Bertz CT molecular complexity index is 595. The van der Waals surface area contributed by atoms with Crippen LogP contribution in [0.5, 0.6) is 5.75 Å². The van der Waals surface area contributed by atoms with E-state index < -0.39 is 0 Å². The Hall–Kier alpha value is -1.95. The van der Waals surface area contributed by atoms with E-state index in [0.717, 1.165) is 12.1 Å². The van der Waals surface area contributed by atoms with Crippen LogP contribution in [0.15, 0.2) is 24.5 Å². The van der Waals surface area contributed by atoms with Gasteiger partial charge in [-0.1, -0.05) is 19.9 Å². The second-order valence-electron chi connectivity index (χ2n) is 5.51. The van der Waals surface area contributed by atoms with Crippen molar-refractivity contribution in [1.29, 1.82) is 0 Å². The fraction of sp³-hybridized carbons (Fsp3) is 0.467. The van der Waals surface area contributed by atoms with Crippen LogP contribution >= 0.6 is 0 Å². The quantitative estimate of drug-likeness (QED) is 0.889. The molecular formula is C15H21FN4O. The molecule has 1 aromatic carbocycles. The largest absolute Gasteiger partial charge is 0.485 e. The minimum absolute atomic E-state index is 0.228. The number of halogens is 1. The number of nitrogens with two attached hydrogens (primary N) is 1. The lowest BCUT2D eigenvalue weighted by Crippen LogP contribution is -2.13. The maximum Gasteiger partial charge on any atom is 0.164 e. The van der Waals surface area contributed by atoms with Gasteiger partial charge in [-0.3, -0.25) is 0 Å². The van der Waals surface area contributed by atoms with E-state index in [2.05, 4.69) is 23.9 Å². The average Bonchev–Trinajstić information content (AvgIpc) is 2.82. The van der Waals surface area contributed by atoms with Crippen molar-refractivity contribution in [1.82, 2.24) is 14.8 Å². The number of rotatable bonds is 6. The van der Waals surface area contributed by atoms with Gasteiger partial charge in [-0.05, 0) is 18.9 Å². The summed E-state index contributed by atoms with van der Waals surface area (Å²) >= 11 is 0. The minimum atomic E-state index is -0.349. The number of ether oxygens (including phenoxy) is 1. The Morgan fingerprint density at radius 1 is 1.33 bits per heavy atom. The molecule has 1 aromatic heterocycles. The highest BCUT2D eigenvalue weighted by Crippen LogP contribution is 2.25. The van der Waals surface area contributed by atoms with Gasteiger partial charge in [-0.15, -0.1) is 0 Å². The molecule has 0 saturated carbocycles. The van der Waals surface area contributed by atoms with E-state index >= 15 is 0 Å². The molecule has 2 rings (SSSR count). The fourth-order valence-electron chi connectivity index (χ4n) is 2.05. The molecule has 0 radical (unpaired) electrons. The number of aromatic nitrogens is 3. The van der Waals surface area contributed by atoms with Gasteiger partial charge in [0.15, 0.2) is 5.82 Å². The lowest BCUT2D eigenvalue weighted by Gasteiger charge is -2.14. The van der Waals surface area contributed by atoms with Gasteiger partial charge in [0.05, 0.1) is 0 Å². The molecule has 1 heterocycles. The van der Waals surface area contributed by atoms with E-state index in [0.29, 0.717) is 17.5 Å². The molecule has 114 valence electrons. The van der Waals surface area contributed by atoms with E-state index in [1.807, 2.05) is 6.92 Å². The van der Waals surface area contributed by atoms with Gasteiger partial charge in [-0.2, -0.15) is 5.10 Å². The topological polar surface area (TPSA) is 66.0 Å². The van der Waals surface area contributed by atoms with Crippen molar-refractivity contribution < 1.29 is 9.13 Å². The van der Waals surface area contributed by atoms with E-state index in [-0.39, 0.29) is 18.5 Å². The summed E-state index contributed by atoms with van der Waals surface area (Å²) in [6.45, 7) is 7.04. The van der Waals surface area contributed by atoms with E-state index in [1.165, 1.54) is 18.5 Å². The normalized spacial score (nSPS) is 12.7. The number of hydrogen-bond donors (Lipinski definition) is 1. The van der Waals surface area contributed by atoms with Crippen molar-refractivity contribution in [3.05, 3.63) is 41.7 Å². The lowest BCUT2D eigenvalue weighted by atomic mass is 10.1. The molecule has 1 atom stereocenters. The Kier molecular flexibility index (Phi) is 4.90. The first-order chi connectivity index (χ1) is 9.97. The molecule has 0 aliphatic heterocycles. The molecular weight excluding hydrogens is 271 g/mol. The first-order valence-electron chi connectivity index (χ1n) is 7.02. The summed E-state index contributed by atoms with van der Waals surface area (Å²) in [5.74, 6) is 1.27. The maximum absolute atomic E-state index is 13.4. The third-order valence-corrected chi connectivity index (χ3v) is 3.06. The smallest absolute Gasteiger partial charge is 0.164 e.